The second kappa shape index (κ2) is 10.3. The topological polar surface area (TPSA) is 110 Å². The van der Waals surface area contributed by atoms with Crippen LogP contribution in [0.25, 0.3) is 5.65 Å². The summed E-state index contributed by atoms with van der Waals surface area (Å²) in [5, 5.41) is 9.04. The molecule has 15 heteroatoms. The van der Waals surface area contributed by atoms with Crippen LogP contribution in [0.2, 0.25) is 0 Å². The molecule has 1 saturated carbocycles. The monoisotopic (exact) mass is 576 g/mol. The fourth-order valence-electron chi connectivity index (χ4n) is 4.29. The van der Waals surface area contributed by atoms with Gasteiger partial charge in [0.2, 0.25) is 0 Å². The first-order valence-corrected chi connectivity index (χ1v) is 12.8. The minimum Gasteiger partial charge on any atom is -0.444 e. The average molecular weight is 577 g/mol. The lowest BCUT2D eigenvalue weighted by Gasteiger charge is -2.38. The molecule has 0 bridgehead atoms. The number of urea groups is 1. The fourth-order valence-corrected chi connectivity index (χ4v) is 4.29. The van der Waals surface area contributed by atoms with Crippen molar-refractivity contribution >= 4 is 17.8 Å². The molecule has 2 aliphatic rings. The predicted octanol–water partition coefficient (Wildman–Crippen LogP) is 4.76. The van der Waals surface area contributed by atoms with Gasteiger partial charge in [0.25, 0.3) is 5.92 Å². The van der Waals surface area contributed by atoms with Crippen molar-refractivity contribution in [2.24, 2.45) is 5.92 Å². The minimum absolute atomic E-state index is 0.0297. The largest absolute Gasteiger partial charge is 0.444 e. The zero-order valence-corrected chi connectivity index (χ0v) is 22.8. The lowest BCUT2D eigenvalue weighted by Crippen LogP contribution is -2.58. The van der Waals surface area contributed by atoms with Crippen molar-refractivity contribution in [3.63, 3.8) is 0 Å². The van der Waals surface area contributed by atoms with Crippen molar-refractivity contribution in [3.8, 4) is 0 Å². The van der Waals surface area contributed by atoms with Gasteiger partial charge in [-0.3, -0.25) is 0 Å². The van der Waals surface area contributed by atoms with Crippen LogP contribution >= 0.6 is 0 Å². The molecule has 1 saturated heterocycles. The van der Waals surface area contributed by atoms with E-state index in [0.717, 1.165) is 31.6 Å². The van der Waals surface area contributed by atoms with Crippen molar-refractivity contribution in [1.82, 2.24) is 30.1 Å². The highest BCUT2D eigenvalue weighted by Crippen LogP contribution is 2.46. The first-order valence-electron chi connectivity index (χ1n) is 12.8. The lowest BCUT2D eigenvalue weighted by molar-refractivity contribution is -0.265. The number of alkyl halides is 5. The molecule has 0 unspecified atom stereocenters. The molecule has 222 valence electrons. The summed E-state index contributed by atoms with van der Waals surface area (Å²) >= 11 is 0. The van der Waals surface area contributed by atoms with Crippen molar-refractivity contribution in [2.45, 2.75) is 82.8 Å². The maximum atomic E-state index is 14.2. The molecule has 3 heterocycles. The Morgan fingerprint density at radius 2 is 1.90 bits per heavy atom. The Hall–Kier alpha value is -3.23. The number of ether oxygens (including phenoxy) is 2. The van der Waals surface area contributed by atoms with Crippen LogP contribution in [-0.4, -0.2) is 74.6 Å². The molecule has 10 nitrogen and oxygen atoms in total. The minimum atomic E-state index is -4.67. The van der Waals surface area contributed by atoms with Crippen LogP contribution in [0.15, 0.2) is 18.5 Å². The van der Waals surface area contributed by atoms with Gasteiger partial charge in [-0.1, -0.05) is 0 Å². The molecule has 2 atom stereocenters. The number of nitrogens with zero attached hydrogens (tertiary/aromatic N) is 4. The second-order valence-corrected chi connectivity index (χ2v) is 11.7. The second-order valence-electron chi connectivity index (χ2n) is 11.7. The standard InChI is InChI=1S/C25H33F5N6O4/c1-22(2,3)40-21(38)34-17(11-39-23(4,5)25(28,29)30)16-10-36-18(33-16)8-15(9-32-36)19(14-6-7-14)35-13-24(26,27)12-31-20(35)37/h8-10,14,17,19H,6-7,11-13H2,1-5H3,(H,31,37)(H,34,38)/t17-,19+/m0/s1. The summed E-state index contributed by atoms with van der Waals surface area (Å²) in [4.78, 5) is 30.6. The van der Waals surface area contributed by atoms with E-state index >= 15 is 0 Å². The summed E-state index contributed by atoms with van der Waals surface area (Å²) in [5.41, 5.74) is -2.51. The van der Waals surface area contributed by atoms with E-state index in [1.807, 2.05) is 0 Å². The van der Waals surface area contributed by atoms with Gasteiger partial charge in [0.1, 0.15) is 5.60 Å². The summed E-state index contributed by atoms with van der Waals surface area (Å²) in [6.45, 7) is 4.58. The van der Waals surface area contributed by atoms with E-state index in [1.54, 1.807) is 26.8 Å². The normalized spacial score (nSPS) is 19.8. The van der Waals surface area contributed by atoms with Crippen LogP contribution in [0.1, 0.15) is 70.8 Å². The number of fused-ring (bicyclic) bond motifs is 1. The van der Waals surface area contributed by atoms with Crippen molar-refractivity contribution in [1.29, 1.82) is 0 Å². The molecule has 2 aromatic rings. The van der Waals surface area contributed by atoms with Gasteiger partial charge in [0.05, 0.1) is 49.9 Å². The van der Waals surface area contributed by atoms with Crippen LogP contribution in [-0.2, 0) is 9.47 Å². The average Bonchev–Trinajstić information content (AvgIpc) is 3.54. The van der Waals surface area contributed by atoms with Crippen molar-refractivity contribution < 1.29 is 41.0 Å². The lowest BCUT2D eigenvalue weighted by atomic mass is 10.0. The number of halogens is 5. The zero-order valence-electron chi connectivity index (χ0n) is 22.8. The van der Waals surface area contributed by atoms with Gasteiger partial charge >= 0.3 is 18.3 Å². The Bertz CT molecular complexity index is 1250. The molecule has 4 rings (SSSR count). The van der Waals surface area contributed by atoms with Gasteiger partial charge in [-0.05, 0) is 65.0 Å². The smallest absolute Gasteiger partial charge is 0.416 e. The van der Waals surface area contributed by atoms with E-state index in [0.29, 0.717) is 5.56 Å². The number of nitrogens with one attached hydrogen (secondary N) is 2. The van der Waals surface area contributed by atoms with Gasteiger partial charge in [0.15, 0.2) is 11.2 Å². The fraction of sp³-hybridized carbons (Fsp3) is 0.680. The van der Waals surface area contributed by atoms with E-state index in [9.17, 15) is 31.5 Å². The highest BCUT2D eigenvalue weighted by molar-refractivity contribution is 5.76. The molecule has 2 N–H and O–H groups in total. The molecule has 0 spiro atoms. The van der Waals surface area contributed by atoms with Crippen LogP contribution < -0.4 is 10.6 Å². The van der Waals surface area contributed by atoms with Crippen LogP contribution in [0.3, 0.4) is 0 Å². The number of imidazole rings is 1. The molecular formula is C25H33F5N6O4. The van der Waals surface area contributed by atoms with Gasteiger partial charge in [-0.2, -0.15) is 18.3 Å². The van der Waals surface area contributed by atoms with Gasteiger partial charge in [-0.25, -0.2) is 27.9 Å². The zero-order chi connectivity index (χ0) is 29.7. The Kier molecular flexibility index (Phi) is 7.67. The van der Waals surface area contributed by atoms with E-state index < -0.39 is 67.2 Å². The molecule has 1 aliphatic heterocycles. The van der Waals surface area contributed by atoms with Crippen LogP contribution in [0.4, 0.5) is 31.5 Å². The third-order valence-corrected chi connectivity index (χ3v) is 6.61. The molecule has 0 aromatic carbocycles. The number of carbonyl (C=O) groups is 2. The number of amides is 3. The Morgan fingerprint density at radius 1 is 1.23 bits per heavy atom. The van der Waals surface area contributed by atoms with Crippen molar-refractivity contribution in [3.05, 3.63) is 29.7 Å². The Balaban J connectivity index is 1.63. The molecule has 1 aliphatic carbocycles. The summed E-state index contributed by atoms with van der Waals surface area (Å²) in [7, 11) is 0. The van der Waals surface area contributed by atoms with Crippen molar-refractivity contribution in [2.75, 3.05) is 19.7 Å². The highest BCUT2D eigenvalue weighted by Gasteiger charge is 2.49. The highest BCUT2D eigenvalue weighted by atomic mass is 19.4. The third-order valence-electron chi connectivity index (χ3n) is 6.61. The third kappa shape index (κ3) is 6.91. The summed E-state index contributed by atoms with van der Waals surface area (Å²) < 4.78 is 80.3. The summed E-state index contributed by atoms with van der Waals surface area (Å²) in [5.74, 6) is -3.12. The van der Waals surface area contributed by atoms with E-state index in [1.165, 1.54) is 16.9 Å². The van der Waals surface area contributed by atoms with Gasteiger partial charge in [0, 0.05) is 0 Å². The van der Waals surface area contributed by atoms with Gasteiger partial charge in [-0.15, -0.1) is 0 Å². The maximum absolute atomic E-state index is 14.2. The van der Waals surface area contributed by atoms with Crippen LogP contribution in [0, 0.1) is 5.92 Å². The Labute approximate surface area is 227 Å². The summed E-state index contributed by atoms with van der Waals surface area (Å²) in [6, 6.07) is -0.814. The molecular weight excluding hydrogens is 543 g/mol. The molecule has 40 heavy (non-hydrogen) atoms. The predicted molar refractivity (Wildman–Crippen MR) is 132 cm³/mol. The van der Waals surface area contributed by atoms with E-state index in [-0.39, 0.29) is 17.3 Å². The number of aromatic nitrogens is 3. The Morgan fingerprint density at radius 3 is 2.50 bits per heavy atom. The van der Waals surface area contributed by atoms with E-state index in [2.05, 4.69) is 20.7 Å². The summed E-state index contributed by atoms with van der Waals surface area (Å²) in [6.07, 6.45) is -1.20. The van der Waals surface area contributed by atoms with E-state index in [4.69, 9.17) is 9.47 Å². The number of hydrogen-bond donors (Lipinski definition) is 2. The molecule has 3 amide bonds. The molecule has 2 aromatic heterocycles. The van der Waals surface area contributed by atoms with Crippen LogP contribution in [0.5, 0.6) is 0 Å². The molecule has 2 fully saturated rings. The SMILES string of the molecule is CC(C)(C)OC(=O)N[C@@H](COC(C)(C)C(F)(F)F)c1cn2ncc([C@@H](C3CC3)N3CC(F)(F)CNC3=O)cc2n1. The first kappa shape index (κ1) is 29.7. The molecule has 0 radical (unpaired) electrons. The number of rotatable bonds is 8. The van der Waals surface area contributed by atoms with Gasteiger partial charge < -0.3 is 25.0 Å². The first-order chi connectivity index (χ1) is 18.4. The maximum Gasteiger partial charge on any atom is 0.416 e. The number of alkyl carbamates (subject to hydrolysis) is 1. The number of carbonyl (C=O) groups excluding carboxylic acids is 2. The quantitative estimate of drug-likeness (QED) is 0.439. The number of hydrogen-bond acceptors (Lipinski definition) is 6.